The number of carbonyl (C=O) groups is 1. The van der Waals surface area contributed by atoms with Crippen LogP contribution in [-0.2, 0) is 17.9 Å². The van der Waals surface area contributed by atoms with Crippen molar-refractivity contribution < 1.29 is 14.6 Å². The highest BCUT2D eigenvalue weighted by molar-refractivity contribution is 6.35. The molecular weight excluding hydrogens is 337 g/mol. The molecule has 2 aromatic rings. The number of aliphatic carboxylic acids is 1. The Morgan fingerprint density at radius 2 is 1.87 bits per heavy atom. The molecule has 0 saturated heterocycles. The lowest BCUT2D eigenvalue weighted by atomic mass is 10.2. The molecule has 0 bridgehead atoms. The number of carboxylic acid groups (broad SMARTS) is 1. The summed E-state index contributed by atoms with van der Waals surface area (Å²) in [7, 11) is 0. The fourth-order valence-electron chi connectivity index (χ4n) is 1.93. The molecule has 4 nitrogen and oxygen atoms in total. The maximum absolute atomic E-state index is 10.8. The second-order valence-electron chi connectivity index (χ2n) is 5.08. The molecule has 6 heteroatoms. The Kier molecular flexibility index (Phi) is 6.28. The molecule has 2 N–H and O–H groups in total. The summed E-state index contributed by atoms with van der Waals surface area (Å²) < 4.78 is 5.74. The van der Waals surface area contributed by atoms with Crippen LogP contribution in [0.5, 0.6) is 5.75 Å². The van der Waals surface area contributed by atoms with Gasteiger partial charge in [-0.2, -0.15) is 0 Å². The number of hydrogen-bond donors (Lipinski definition) is 2. The molecule has 0 saturated carbocycles. The van der Waals surface area contributed by atoms with E-state index in [1.165, 1.54) is 0 Å². The van der Waals surface area contributed by atoms with Crippen LogP contribution in [0.3, 0.4) is 0 Å². The van der Waals surface area contributed by atoms with Crippen LogP contribution in [-0.4, -0.2) is 17.1 Å². The Labute approximate surface area is 145 Å². The second-order valence-corrected chi connectivity index (χ2v) is 5.89. The van der Waals surface area contributed by atoms with E-state index in [0.29, 0.717) is 22.3 Å². The lowest BCUT2D eigenvalue weighted by Gasteiger charge is -2.12. The van der Waals surface area contributed by atoms with E-state index in [1.807, 2.05) is 24.3 Å². The summed E-state index contributed by atoms with van der Waals surface area (Å²) in [4.78, 5) is 10.8. The summed E-state index contributed by atoms with van der Waals surface area (Å²) in [5.74, 6) is -0.214. The van der Waals surface area contributed by atoms with Crippen LogP contribution in [0.25, 0.3) is 0 Å². The molecule has 23 heavy (non-hydrogen) atoms. The summed E-state index contributed by atoms with van der Waals surface area (Å²) in [6.45, 7) is 2.31. The van der Waals surface area contributed by atoms with Crippen LogP contribution in [0, 0.1) is 0 Å². The molecule has 0 aliphatic rings. The molecule has 0 aromatic heterocycles. The predicted molar refractivity (Wildman–Crippen MR) is 91.2 cm³/mol. The molecule has 0 aliphatic heterocycles. The number of ether oxygens (including phenoxy) is 1. The number of nitrogens with one attached hydrogen (secondary N) is 1. The van der Waals surface area contributed by atoms with Crippen molar-refractivity contribution in [3.05, 3.63) is 63.6 Å². The van der Waals surface area contributed by atoms with E-state index < -0.39 is 12.0 Å². The fourth-order valence-corrected chi connectivity index (χ4v) is 2.44. The zero-order valence-electron chi connectivity index (χ0n) is 12.6. The molecule has 0 spiro atoms. The smallest absolute Gasteiger partial charge is 0.320 e. The second kappa shape index (κ2) is 8.20. The first-order valence-corrected chi connectivity index (χ1v) is 7.84. The number of hydrogen-bond acceptors (Lipinski definition) is 3. The summed E-state index contributed by atoms with van der Waals surface area (Å²) in [6.07, 6.45) is 0. The van der Waals surface area contributed by atoms with E-state index >= 15 is 0 Å². The summed E-state index contributed by atoms with van der Waals surface area (Å²) >= 11 is 12.2. The molecule has 0 fully saturated rings. The van der Waals surface area contributed by atoms with E-state index in [9.17, 15) is 4.79 Å². The van der Waals surface area contributed by atoms with Crippen LogP contribution in [0.4, 0.5) is 0 Å². The van der Waals surface area contributed by atoms with Gasteiger partial charge in [0, 0.05) is 22.2 Å². The molecule has 1 atom stereocenters. The van der Waals surface area contributed by atoms with Gasteiger partial charge in [0.15, 0.2) is 0 Å². The molecular formula is C17H17Cl2NO3. The highest BCUT2D eigenvalue weighted by atomic mass is 35.5. The van der Waals surface area contributed by atoms with Crippen molar-refractivity contribution in [3.8, 4) is 5.75 Å². The lowest BCUT2D eigenvalue weighted by Crippen LogP contribution is -2.33. The zero-order chi connectivity index (χ0) is 16.8. The Balaban J connectivity index is 1.99. The quantitative estimate of drug-likeness (QED) is 0.785. The summed E-state index contributed by atoms with van der Waals surface area (Å²) in [6, 6.07) is 12.1. The topological polar surface area (TPSA) is 58.6 Å². The average molecular weight is 354 g/mol. The molecule has 0 radical (unpaired) electrons. The van der Waals surface area contributed by atoms with E-state index in [0.717, 1.165) is 11.1 Å². The van der Waals surface area contributed by atoms with Crippen molar-refractivity contribution in [1.82, 2.24) is 5.32 Å². The summed E-state index contributed by atoms with van der Waals surface area (Å²) in [5, 5.41) is 12.9. The zero-order valence-corrected chi connectivity index (χ0v) is 14.1. The number of halogens is 2. The van der Waals surface area contributed by atoms with Crippen molar-refractivity contribution in [2.24, 2.45) is 0 Å². The van der Waals surface area contributed by atoms with Gasteiger partial charge in [-0.05, 0) is 36.8 Å². The minimum absolute atomic E-state index is 0.265. The van der Waals surface area contributed by atoms with Gasteiger partial charge in [-0.25, -0.2) is 0 Å². The Hall–Kier alpha value is -1.75. The monoisotopic (exact) mass is 353 g/mol. The predicted octanol–water partition coefficient (Wildman–Crippen LogP) is 4.14. The van der Waals surface area contributed by atoms with Crippen molar-refractivity contribution in [1.29, 1.82) is 0 Å². The van der Waals surface area contributed by atoms with E-state index in [1.54, 1.807) is 25.1 Å². The molecule has 0 aliphatic carbocycles. The van der Waals surface area contributed by atoms with Crippen molar-refractivity contribution >= 4 is 29.2 Å². The summed E-state index contributed by atoms with van der Waals surface area (Å²) in [5.41, 5.74) is 1.67. The van der Waals surface area contributed by atoms with Gasteiger partial charge < -0.3 is 15.2 Å². The molecule has 2 rings (SSSR count). The first kappa shape index (κ1) is 17.6. The van der Waals surface area contributed by atoms with Crippen LogP contribution in [0.15, 0.2) is 42.5 Å². The molecule has 0 amide bonds. The van der Waals surface area contributed by atoms with Crippen LogP contribution in [0.2, 0.25) is 10.0 Å². The first-order valence-electron chi connectivity index (χ1n) is 7.08. The number of benzene rings is 2. The van der Waals surface area contributed by atoms with Crippen LogP contribution < -0.4 is 10.1 Å². The third-order valence-electron chi connectivity index (χ3n) is 3.33. The maximum atomic E-state index is 10.8. The van der Waals surface area contributed by atoms with Gasteiger partial charge >= 0.3 is 5.97 Å². The minimum atomic E-state index is -0.884. The fraction of sp³-hybridized carbons (Fsp3) is 0.235. The standard InChI is InChI=1S/C17H17Cl2NO3/c1-11(17(21)22)20-9-12-4-2-5-13(8-12)23-10-14-15(18)6-3-7-16(14)19/h2-8,11,20H,9-10H2,1H3,(H,21,22). The van der Waals surface area contributed by atoms with Crippen molar-refractivity contribution in [2.45, 2.75) is 26.1 Å². The molecule has 1 unspecified atom stereocenters. The number of rotatable bonds is 7. The molecule has 2 aromatic carbocycles. The lowest BCUT2D eigenvalue weighted by molar-refractivity contribution is -0.139. The van der Waals surface area contributed by atoms with Gasteiger partial charge in [0.25, 0.3) is 0 Å². The molecule has 122 valence electrons. The average Bonchev–Trinajstić information content (AvgIpc) is 2.52. The minimum Gasteiger partial charge on any atom is -0.489 e. The highest BCUT2D eigenvalue weighted by Gasteiger charge is 2.10. The van der Waals surface area contributed by atoms with Gasteiger partial charge in [0.1, 0.15) is 18.4 Å². The van der Waals surface area contributed by atoms with Crippen molar-refractivity contribution in [3.63, 3.8) is 0 Å². The van der Waals surface area contributed by atoms with Gasteiger partial charge in [0.05, 0.1) is 0 Å². The van der Waals surface area contributed by atoms with E-state index in [2.05, 4.69) is 5.32 Å². The third-order valence-corrected chi connectivity index (χ3v) is 4.03. The Bertz CT molecular complexity index is 671. The Morgan fingerprint density at radius 1 is 1.22 bits per heavy atom. The van der Waals surface area contributed by atoms with Gasteiger partial charge in [0.2, 0.25) is 0 Å². The first-order chi connectivity index (χ1) is 11.0. The van der Waals surface area contributed by atoms with E-state index in [4.69, 9.17) is 33.0 Å². The van der Waals surface area contributed by atoms with Crippen LogP contribution >= 0.6 is 23.2 Å². The van der Waals surface area contributed by atoms with Gasteiger partial charge in [-0.15, -0.1) is 0 Å². The van der Waals surface area contributed by atoms with E-state index in [-0.39, 0.29) is 6.61 Å². The van der Waals surface area contributed by atoms with Gasteiger partial charge in [-0.3, -0.25) is 4.79 Å². The largest absolute Gasteiger partial charge is 0.489 e. The normalized spacial score (nSPS) is 12.0. The third kappa shape index (κ3) is 5.13. The Morgan fingerprint density at radius 3 is 2.52 bits per heavy atom. The van der Waals surface area contributed by atoms with Crippen LogP contribution in [0.1, 0.15) is 18.1 Å². The molecule has 0 heterocycles. The maximum Gasteiger partial charge on any atom is 0.320 e. The van der Waals surface area contributed by atoms with Crippen molar-refractivity contribution in [2.75, 3.05) is 0 Å². The SMILES string of the molecule is CC(NCc1cccc(OCc2c(Cl)cccc2Cl)c1)C(=O)O. The number of carboxylic acids is 1. The highest BCUT2D eigenvalue weighted by Crippen LogP contribution is 2.26. The van der Waals surface area contributed by atoms with Gasteiger partial charge in [-0.1, -0.05) is 41.4 Å².